The highest BCUT2D eigenvalue weighted by atomic mass is 16.3. The first-order valence-corrected chi connectivity index (χ1v) is 8.32. The Morgan fingerprint density at radius 1 is 1.29 bits per heavy atom. The molecule has 0 saturated carbocycles. The lowest BCUT2D eigenvalue weighted by Gasteiger charge is -2.14. The van der Waals surface area contributed by atoms with Crippen molar-refractivity contribution in [1.82, 2.24) is 14.9 Å². The molecule has 1 amide bonds. The maximum Gasteiger partial charge on any atom is 0.251 e. The molecule has 0 aliphatic heterocycles. The van der Waals surface area contributed by atoms with Crippen LogP contribution in [0.3, 0.4) is 0 Å². The van der Waals surface area contributed by atoms with Gasteiger partial charge in [-0.15, -0.1) is 0 Å². The third kappa shape index (κ3) is 4.58. The van der Waals surface area contributed by atoms with Gasteiger partial charge in [0, 0.05) is 29.7 Å². The predicted molar refractivity (Wildman–Crippen MR) is 95.0 cm³/mol. The summed E-state index contributed by atoms with van der Waals surface area (Å²) in [6.45, 7) is 6.74. The quantitative estimate of drug-likeness (QED) is 0.695. The second-order valence-electron chi connectivity index (χ2n) is 6.04. The van der Waals surface area contributed by atoms with Gasteiger partial charge in [-0.3, -0.25) is 4.79 Å². The predicted octanol–water partition coefficient (Wildman–Crippen LogP) is 2.58. The number of benzene rings is 1. The largest absolute Gasteiger partial charge is 0.394 e. The second kappa shape index (κ2) is 8.49. The number of carbonyl (C=O) groups excluding carboxylic acids is 1. The molecule has 1 aromatic carbocycles. The van der Waals surface area contributed by atoms with Crippen molar-refractivity contribution in [3.63, 3.8) is 0 Å². The highest BCUT2D eigenvalue weighted by Gasteiger charge is 2.11. The molecule has 130 valence electrons. The van der Waals surface area contributed by atoms with Gasteiger partial charge in [-0.25, -0.2) is 4.98 Å². The van der Waals surface area contributed by atoms with Crippen LogP contribution in [0.4, 0.5) is 5.69 Å². The molecule has 0 bridgehead atoms. The zero-order valence-electron chi connectivity index (χ0n) is 14.5. The number of carbonyl (C=O) groups is 1. The lowest BCUT2D eigenvalue weighted by molar-refractivity contribution is 0.0915. The van der Waals surface area contributed by atoms with Gasteiger partial charge in [-0.05, 0) is 44.5 Å². The van der Waals surface area contributed by atoms with Crippen molar-refractivity contribution in [2.75, 3.05) is 11.9 Å². The molecule has 24 heavy (non-hydrogen) atoms. The Kier molecular flexibility index (Phi) is 6.37. The van der Waals surface area contributed by atoms with Gasteiger partial charge in [0.25, 0.3) is 5.91 Å². The summed E-state index contributed by atoms with van der Waals surface area (Å²) < 4.78 is 2.12. The highest BCUT2D eigenvalue weighted by Crippen LogP contribution is 2.13. The average Bonchev–Trinajstić information content (AvgIpc) is 3.07. The summed E-state index contributed by atoms with van der Waals surface area (Å²) in [5.74, 6) is 0.804. The van der Waals surface area contributed by atoms with E-state index in [1.807, 2.05) is 25.3 Å². The number of aliphatic hydroxyl groups is 1. The number of nitrogens with zero attached hydrogens (tertiary/aromatic N) is 2. The molecule has 1 atom stereocenters. The fraction of sp³-hybridized carbons (Fsp3) is 0.444. The lowest BCUT2D eigenvalue weighted by atomic mass is 10.1. The van der Waals surface area contributed by atoms with E-state index in [1.54, 1.807) is 18.3 Å². The fourth-order valence-electron chi connectivity index (χ4n) is 2.42. The number of hydrogen-bond donors (Lipinski definition) is 3. The summed E-state index contributed by atoms with van der Waals surface area (Å²) in [5.41, 5.74) is 1.51. The molecular formula is C18H26N4O2. The van der Waals surface area contributed by atoms with Gasteiger partial charge in [0.15, 0.2) is 0 Å². The van der Waals surface area contributed by atoms with E-state index in [9.17, 15) is 4.79 Å². The van der Waals surface area contributed by atoms with E-state index >= 15 is 0 Å². The van der Waals surface area contributed by atoms with E-state index < -0.39 is 0 Å². The van der Waals surface area contributed by atoms with Crippen molar-refractivity contribution in [3.05, 3.63) is 48.0 Å². The van der Waals surface area contributed by atoms with Gasteiger partial charge < -0.3 is 20.3 Å². The van der Waals surface area contributed by atoms with Gasteiger partial charge in [0.2, 0.25) is 0 Å². The SMILES string of the molecule is CCC(CO)NC(=O)c1ccc(NCc2nccn2C(C)C)cc1. The van der Waals surface area contributed by atoms with Crippen LogP contribution in [0.5, 0.6) is 0 Å². The minimum atomic E-state index is -0.204. The Morgan fingerprint density at radius 3 is 2.58 bits per heavy atom. The van der Waals surface area contributed by atoms with Crippen molar-refractivity contribution in [3.8, 4) is 0 Å². The molecule has 1 heterocycles. The van der Waals surface area contributed by atoms with Crippen molar-refractivity contribution in [1.29, 1.82) is 0 Å². The highest BCUT2D eigenvalue weighted by molar-refractivity contribution is 5.94. The van der Waals surface area contributed by atoms with Crippen LogP contribution in [-0.4, -0.2) is 33.2 Å². The van der Waals surface area contributed by atoms with Crippen LogP contribution in [0.25, 0.3) is 0 Å². The number of aliphatic hydroxyl groups excluding tert-OH is 1. The van der Waals surface area contributed by atoms with E-state index in [0.29, 0.717) is 24.6 Å². The second-order valence-corrected chi connectivity index (χ2v) is 6.04. The van der Waals surface area contributed by atoms with Gasteiger partial charge in [-0.2, -0.15) is 0 Å². The number of aromatic nitrogens is 2. The average molecular weight is 330 g/mol. The summed E-state index contributed by atoms with van der Waals surface area (Å²) in [7, 11) is 0. The normalized spacial score (nSPS) is 12.2. The van der Waals surface area contributed by atoms with Crippen LogP contribution < -0.4 is 10.6 Å². The van der Waals surface area contributed by atoms with E-state index in [2.05, 4.69) is 34.0 Å². The summed E-state index contributed by atoms with van der Waals surface area (Å²) in [6.07, 6.45) is 4.47. The Morgan fingerprint density at radius 2 is 2.00 bits per heavy atom. The molecule has 0 aliphatic carbocycles. The van der Waals surface area contributed by atoms with Gasteiger partial charge in [0.1, 0.15) is 5.82 Å². The molecule has 3 N–H and O–H groups in total. The molecule has 1 aromatic heterocycles. The number of hydrogen-bond acceptors (Lipinski definition) is 4. The van der Waals surface area contributed by atoms with Crippen molar-refractivity contribution in [2.45, 2.75) is 45.8 Å². The smallest absolute Gasteiger partial charge is 0.251 e. The summed E-state index contributed by atoms with van der Waals surface area (Å²) in [6, 6.07) is 7.46. The van der Waals surface area contributed by atoms with Crippen LogP contribution >= 0.6 is 0 Å². The van der Waals surface area contributed by atoms with E-state index in [0.717, 1.165) is 11.5 Å². The minimum absolute atomic E-state index is 0.0512. The van der Waals surface area contributed by atoms with Crippen LogP contribution in [0.1, 0.15) is 49.4 Å². The Labute approximate surface area is 142 Å². The molecule has 0 saturated heterocycles. The van der Waals surface area contributed by atoms with Crippen molar-refractivity contribution >= 4 is 11.6 Å². The Hall–Kier alpha value is -2.34. The van der Waals surface area contributed by atoms with E-state index in [-0.39, 0.29) is 18.6 Å². The number of amides is 1. The zero-order valence-corrected chi connectivity index (χ0v) is 14.5. The first-order chi connectivity index (χ1) is 11.5. The van der Waals surface area contributed by atoms with Crippen molar-refractivity contribution in [2.24, 2.45) is 0 Å². The van der Waals surface area contributed by atoms with Gasteiger partial charge in [-0.1, -0.05) is 6.92 Å². The first-order valence-electron chi connectivity index (χ1n) is 8.32. The monoisotopic (exact) mass is 330 g/mol. The molecule has 2 rings (SSSR count). The maximum atomic E-state index is 12.1. The van der Waals surface area contributed by atoms with Crippen LogP contribution in [-0.2, 0) is 6.54 Å². The van der Waals surface area contributed by atoms with E-state index in [1.165, 1.54) is 0 Å². The number of nitrogens with one attached hydrogen (secondary N) is 2. The summed E-state index contributed by atoms with van der Waals surface area (Å²) >= 11 is 0. The molecule has 2 aromatic rings. The number of imidazole rings is 1. The summed E-state index contributed by atoms with van der Waals surface area (Å²) in [5, 5.41) is 15.3. The van der Waals surface area contributed by atoms with E-state index in [4.69, 9.17) is 5.11 Å². The van der Waals surface area contributed by atoms with Crippen LogP contribution in [0, 0.1) is 0 Å². The summed E-state index contributed by atoms with van der Waals surface area (Å²) in [4.78, 5) is 16.5. The van der Waals surface area contributed by atoms with Crippen LogP contribution in [0.2, 0.25) is 0 Å². The molecule has 6 heteroatoms. The number of anilines is 1. The van der Waals surface area contributed by atoms with Gasteiger partial charge >= 0.3 is 0 Å². The third-order valence-corrected chi connectivity index (χ3v) is 3.95. The Bertz CT molecular complexity index is 645. The first kappa shape index (κ1) is 18.0. The van der Waals surface area contributed by atoms with Crippen molar-refractivity contribution < 1.29 is 9.90 Å². The standard InChI is InChI=1S/C18H26N4O2/c1-4-15(12-23)21-18(24)14-5-7-16(8-6-14)20-11-17-19-9-10-22(17)13(2)3/h5-10,13,15,20,23H,4,11-12H2,1-3H3,(H,21,24). The fourth-order valence-corrected chi connectivity index (χ4v) is 2.42. The van der Waals surface area contributed by atoms with Gasteiger partial charge in [0.05, 0.1) is 19.2 Å². The topological polar surface area (TPSA) is 79.2 Å². The molecule has 0 spiro atoms. The zero-order chi connectivity index (χ0) is 17.5. The molecular weight excluding hydrogens is 304 g/mol. The molecule has 0 aliphatic rings. The molecule has 6 nitrogen and oxygen atoms in total. The lowest BCUT2D eigenvalue weighted by Crippen LogP contribution is -2.36. The Balaban J connectivity index is 1.94. The van der Waals surface area contributed by atoms with Crippen LogP contribution in [0.15, 0.2) is 36.7 Å². The third-order valence-electron chi connectivity index (χ3n) is 3.95. The maximum absolute atomic E-state index is 12.1. The molecule has 1 unspecified atom stereocenters. The number of rotatable bonds is 8. The molecule has 0 radical (unpaired) electrons. The molecule has 0 fully saturated rings. The minimum Gasteiger partial charge on any atom is -0.394 e.